The van der Waals surface area contributed by atoms with Crippen LogP contribution in [0.4, 0.5) is 0 Å². The van der Waals surface area contributed by atoms with Crippen molar-refractivity contribution in [2.45, 2.75) is 26.0 Å². The van der Waals surface area contributed by atoms with E-state index in [2.05, 4.69) is 37.2 Å². The van der Waals surface area contributed by atoms with Crippen molar-refractivity contribution in [3.05, 3.63) is 29.8 Å². The quantitative estimate of drug-likeness (QED) is 0.670. The van der Waals surface area contributed by atoms with E-state index in [1.165, 1.54) is 0 Å². The van der Waals surface area contributed by atoms with Crippen molar-refractivity contribution in [1.29, 1.82) is 5.26 Å². The fourth-order valence-electron chi connectivity index (χ4n) is 1.71. The summed E-state index contributed by atoms with van der Waals surface area (Å²) in [5.74, 6) is 0.513. The number of para-hydroxylation sites is 1. The predicted octanol–water partition coefficient (Wildman–Crippen LogP) is 1.23. The van der Waals surface area contributed by atoms with Crippen LogP contribution in [0.5, 0.6) is 5.75 Å². The van der Waals surface area contributed by atoms with Gasteiger partial charge in [-0.05, 0) is 33.0 Å². The summed E-state index contributed by atoms with van der Waals surface area (Å²) in [4.78, 5) is 2.24. The lowest BCUT2D eigenvalue weighted by Gasteiger charge is -2.21. The van der Waals surface area contributed by atoms with Gasteiger partial charge in [-0.1, -0.05) is 12.1 Å². The molecule has 0 radical (unpaired) electrons. The first-order valence-corrected chi connectivity index (χ1v) is 7.25. The van der Waals surface area contributed by atoms with E-state index in [9.17, 15) is 5.11 Å². The van der Waals surface area contributed by atoms with Crippen LogP contribution in [0.3, 0.4) is 0 Å². The molecule has 0 spiro atoms. The Morgan fingerprint density at radius 2 is 2.10 bits per heavy atom. The maximum absolute atomic E-state index is 9.86. The molecule has 0 amide bonds. The van der Waals surface area contributed by atoms with E-state index in [4.69, 9.17) is 10.00 Å². The van der Waals surface area contributed by atoms with Crippen LogP contribution in [0.2, 0.25) is 0 Å². The van der Waals surface area contributed by atoms with Gasteiger partial charge in [0.2, 0.25) is 0 Å². The Hall–Kier alpha value is -1.61. The second-order valence-electron chi connectivity index (χ2n) is 5.35. The molecule has 5 nitrogen and oxygen atoms in total. The Morgan fingerprint density at radius 1 is 1.38 bits per heavy atom. The number of likely N-dealkylation sites (N-methyl/N-ethyl adjacent to an activating group) is 1. The number of nitrogens with one attached hydrogen (secondary N) is 1. The molecular formula is C16H25N3O2. The Bertz CT molecular complexity index is 457. The average molecular weight is 291 g/mol. The molecule has 0 aliphatic heterocycles. The first-order chi connectivity index (χ1) is 10.0. The third-order valence-corrected chi connectivity index (χ3v) is 3.34. The Labute approximate surface area is 127 Å². The van der Waals surface area contributed by atoms with Crippen LogP contribution in [0.15, 0.2) is 24.3 Å². The van der Waals surface area contributed by atoms with Gasteiger partial charge in [0.05, 0.1) is 5.56 Å². The van der Waals surface area contributed by atoms with Crippen LogP contribution in [-0.4, -0.2) is 55.4 Å². The molecule has 116 valence electrons. The molecule has 0 aliphatic carbocycles. The van der Waals surface area contributed by atoms with Crippen molar-refractivity contribution in [3.63, 3.8) is 0 Å². The molecule has 0 saturated heterocycles. The standard InChI is InChI=1S/C16H25N3O2/c1-13(2)19(3)9-8-18-11-15(20)12-21-16-7-5-4-6-14(16)10-17/h4-7,13,15,18,20H,8-9,11-12H2,1-3H3. The number of aliphatic hydroxyl groups is 1. The Kier molecular flexibility index (Phi) is 7.76. The SMILES string of the molecule is CC(C)N(C)CCNCC(O)COc1ccccc1C#N. The number of hydrogen-bond acceptors (Lipinski definition) is 5. The molecule has 5 heteroatoms. The van der Waals surface area contributed by atoms with Crippen molar-refractivity contribution in [2.75, 3.05) is 33.3 Å². The van der Waals surface area contributed by atoms with Crippen molar-refractivity contribution in [1.82, 2.24) is 10.2 Å². The van der Waals surface area contributed by atoms with E-state index in [-0.39, 0.29) is 6.61 Å². The maximum atomic E-state index is 9.86. The minimum Gasteiger partial charge on any atom is -0.489 e. The number of nitrogens with zero attached hydrogens (tertiary/aromatic N) is 2. The van der Waals surface area contributed by atoms with Crippen LogP contribution < -0.4 is 10.1 Å². The van der Waals surface area contributed by atoms with Crippen molar-refractivity contribution in [2.24, 2.45) is 0 Å². The number of hydrogen-bond donors (Lipinski definition) is 2. The highest BCUT2D eigenvalue weighted by Crippen LogP contribution is 2.16. The lowest BCUT2D eigenvalue weighted by Crippen LogP contribution is -2.38. The molecule has 1 aromatic rings. The van der Waals surface area contributed by atoms with Gasteiger partial charge in [0.1, 0.15) is 24.5 Å². The molecule has 21 heavy (non-hydrogen) atoms. The summed E-state index contributed by atoms with van der Waals surface area (Å²) in [6.45, 7) is 6.69. The molecule has 0 heterocycles. The molecule has 0 saturated carbocycles. The van der Waals surface area contributed by atoms with E-state index in [1.807, 2.05) is 6.07 Å². The van der Waals surface area contributed by atoms with Gasteiger partial charge in [-0.3, -0.25) is 0 Å². The summed E-state index contributed by atoms with van der Waals surface area (Å²) in [6.07, 6.45) is -0.596. The van der Waals surface area contributed by atoms with Gasteiger partial charge in [0, 0.05) is 25.7 Å². The number of nitriles is 1. The average Bonchev–Trinajstić information content (AvgIpc) is 2.49. The third-order valence-electron chi connectivity index (χ3n) is 3.34. The third kappa shape index (κ3) is 6.58. The first-order valence-electron chi connectivity index (χ1n) is 7.25. The van der Waals surface area contributed by atoms with Crippen LogP contribution in [0.25, 0.3) is 0 Å². The van der Waals surface area contributed by atoms with Gasteiger partial charge in [-0.25, -0.2) is 0 Å². The largest absolute Gasteiger partial charge is 0.489 e. The Balaban J connectivity index is 2.23. The lowest BCUT2D eigenvalue weighted by atomic mass is 10.2. The monoisotopic (exact) mass is 291 g/mol. The summed E-state index contributed by atoms with van der Waals surface area (Å²) in [5, 5.41) is 22.0. The zero-order chi connectivity index (χ0) is 15.7. The highest BCUT2D eigenvalue weighted by molar-refractivity contribution is 5.42. The smallest absolute Gasteiger partial charge is 0.137 e. The summed E-state index contributed by atoms with van der Waals surface area (Å²) >= 11 is 0. The fraction of sp³-hybridized carbons (Fsp3) is 0.562. The minimum atomic E-state index is -0.596. The molecule has 0 aromatic heterocycles. The Morgan fingerprint density at radius 3 is 2.76 bits per heavy atom. The van der Waals surface area contributed by atoms with E-state index in [0.29, 0.717) is 23.9 Å². The molecule has 0 fully saturated rings. The topological polar surface area (TPSA) is 68.5 Å². The summed E-state index contributed by atoms with van der Waals surface area (Å²) < 4.78 is 5.48. The van der Waals surface area contributed by atoms with Crippen LogP contribution in [-0.2, 0) is 0 Å². The van der Waals surface area contributed by atoms with Crippen molar-refractivity contribution in [3.8, 4) is 11.8 Å². The summed E-state index contributed by atoms with van der Waals surface area (Å²) in [5.41, 5.74) is 0.483. The van der Waals surface area contributed by atoms with E-state index in [1.54, 1.807) is 18.2 Å². The molecule has 0 bridgehead atoms. The summed E-state index contributed by atoms with van der Waals surface area (Å²) in [7, 11) is 2.07. The van der Waals surface area contributed by atoms with Gasteiger partial charge in [0.25, 0.3) is 0 Å². The lowest BCUT2D eigenvalue weighted by molar-refractivity contribution is 0.105. The zero-order valence-corrected chi connectivity index (χ0v) is 13.0. The van der Waals surface area contributed by atoms with E-state index in [0.717, 1.165) is 13.1 Å². The van der Waals surface area contributed by atoms with Gasteiger partial charge in [-0.2, -0.15) is 5.26 Å². The van der Waals surface area contributed by atoms with Crippen LogP contribution >= 0.6 is 0 Å². The number of aliphatic hydroxyl groups excluding tert-OH is 1. The fourth-order valence-corrected chi connectivity index (χ4v) is 1.71. The summed E-state index contributed by atoms with van der Waals surface area (Å²) in [6, 6.07) is 9.61. The molecular weight excluding hydrogens is 266 g/mol. The molecule has 1 unspecified atom stereocenters. The second kappa shape index (κ2) is 9.35. The molecule has 1 atom stereocenters. The normalized spacial score (nSPS) is 12.4. The molecule has 1 aromatic carbocycles. The predicted molar refractivity (Wildman–Crippen MR) is 83.3 cm³/mol. The first kappa shape index (κ1) is 17.4. The van der Waals surface area contributed by atoms with E-state index >= 15 is 0 Å². The molecule has 2 N–H and O–H groups in total. The molecule has 0 aliphatic rings. The van der Waals surface area contributed by atoms with Crippen LogP contribution in [0, 0.1) is 11.3 Å². The second-order valence-corrected chi connectivity index (χ2v) is 5.35. The number of ether oxygens (including phenoxy) is 1. The van der Waals surface area contributed by atoms with Gasteiger partial charge < -0.3 is 20.1 Å². The van der Waals surface area contributed by atoms with Gasteiger partial charge in [0.15, 0.2) is 0 Å². The highest BCUT2D eigenvalue weighted by Gasteiger charge is 2.08. The highest BCUT2D eigenvalue weighted by atomic mass is 16.5. The number of benzene rings is 1. The van der Waals surface area contributed by atoms with Gasteiger partial charge in [-0.15, -0.1) is 0 Å². The minimum absolute atomic E-state index is 0.172. The maximum Gasteiger partial charge on any atom is 0.137 e. The van der Waals surface area contributed by atoms with Gasteiger partial charge >= 0.3 is 0 Å². The van der Waals surface area contributed by atoms with Crippen molar-refractivity contribution >= 4 is 0 Å². The van der Waals surface area contributed by atoms with Crippen LogP contribution in [0.1, 0.15) is 19.4 Å². The zero-order valence-electron chi connectivity index (χ0n) is 13.0. The van der Waals surface area contributed by atoms with Crippen molar-refractivity contribution < 1.29 is 9.84 Å². The van der Waals surface area contributed by atoms with E-state index < -0.39 is 6.10 Å². The molecule has 1 rings (SSSR count). The number of rotatable bonds is 9.